The Morgan fingerprint density at radius 1 is 0.567 bits per heavy atom. The van der Waals surface area contributed by atoms with E-state index < -0.39 is 76.9 Å². The molecule has 1 heterocycles. The summed E-state index contributed by atoms with van der Waals surface area (Å²) >= 11 is 0. The Morgan fingerprint density at radius 3 is 1.28 bits per heavy atom. The summed E-state index contributed by atoms with van der Waals surface area (Å²) in [5, 5.41) is 35.1. The van der Waals surface area contributed by atoms with Gasteiger partial charge < -0.3 is 39.2 Å². The molecule has 7 atom stereocenters. The average molecular weight is 1020 g/mol. The van der Waals surface area contributed by atoms with Gasteiger partial charge in [0.15, 0.2) is 12.4 Å². The van der Waals surface area contributed by atoms with Crippen molar-refractivity contribution in [2.24, 2.45) is 0 Å². The Labute approximate surface area is 452 Å². The Kier molecular flexibility index (Phi) is 47.7. The van der Waals surface area contributed by atoms with Crippen LogP contribution in [0.15, 0.2) is 0 Å². The molecule has 1 amide bonds. The molecule has 0 spiro atoms. The summed E-state index contributed by atoms with van der Waals surface area (Å²) in [6.45, 7) is 2.92. The quantitative estimate of drug-likeness (QED) is 0.0294. The van der Waals surface area contributed by atoms with E-state index in [2.05, 4.69) is 27.5 Å². The van der Waals surface area contributed by atoms with E-state index in [9.17, 15) is 46.1 Å². The molecule has 15 nitrogen and oxygen atoms in total. The van der Waals surface area contributed by atoms with Crippen molar-refractivity contribution >= 4 is 26.7 Å². The maximum Gasteiger partial charge on any atom is 1.00 e. The zero-order valence-electron chi connectivity index (χ0n) is 42.6. The van der Waals surface area contributed by atoms with E-state index in [0.717, 1.165) is 44.9 Å². The number of ether oxygens (including phenoxy) is 2. The molecular weight excluding hydrogens is 925 g/mol. The molecule has 0 aromatic carbocycles. The van der Waals surface area contributed by atoms with Gasteiger partial charge in [0.25, 0.3) is 0 Å². The summed E-state index contributed by atoms with van der Waals surface area (Å²) in [6, 6.07) is -1.02. The second kappa shape index (κ2) is 45.6. The summed E-state index contributed by atoms with van der Waals surface area (Å²) in [5.41, 5.74) is 0. The van der Waals surface area contributed by atoms with Crippen LogP contribution in [0.25, 0.3) is 0 Å². The minimum absolute atomic E-state index is 0. The van der Waals surface area contributed by atoms with Crippen molar-refractivity contribution in [1.82, 2.24) is 5.32 Å². The first-order valence-corrected chi connectivity index (χ1v) is 28.7. The number of unbranched alkanes of at least 4 members (excludes halogenated alkanes) is 32. The van der Waals surface area contributed by atoms with Crippen LogP contribution in [0.1, 0.15) is 245 Å². The van der Waals surface area contributed by atoms with E-state index in [4.69, 9.17) is 9.47 Å². The van der Waals surface area contributed by atoms with Gasteiger partial charge in [-0.15, -0.1) is 0 Å². The molecule has 1 aliphatic heterocycles. The predicted octanol–water partition coefficient (Wildman–Crippen LogP) is 3.71. The molecule has 0 aliphatic carbocycles. The van der Waals surface area contributed by atoms with Crippen LogP contribution in [-0.4, -0.2) is 103 Å². The van der Waals surface area contributed by atoms with Crippen LogP contribution in [0.2, 0.25) is 0 Å². The van der Waals surface area contributed by atoms with Crippen LogP contribution in [0.5, 0.6) is 0 Å². The smallest absolute Gasteiger partial charge is 0.726 e. The number of rotatable bonds is 46. The van der Waals surface area contributed by atoms with Gasteiger partial charge in [-0.2, -0.15) is 0 Å². The van der Waals surface area contributed by atoms with Gasteiger partial charge in [0.1, 0.15) is 18.3 Å². The minimum atomic E-state index is -5.48. The third-order valence-electron chi connectivity index (χ3n) is 12.6. The fourth-order valence-corrected chi connectivity index (χ4v) is 9.36. The molecule has 1 fully saturated rings. The summed E-state index contributed by atoms with van der Waals surface area (Å²) in [6.07, 6.45) is 30.8. The predicted molar refractivity (Wildman–Crippen MR) is 252 cm³/mol. The SMILES string of the molecule is CCCCCCCCCCCCCCCCCCCCCCCC(=O)N[C@@H](CO[C@@H]1O[C@H](COS(=O)(=O)[O-])[C@H](O)[C@H](O)[C@H]1OS(=O)(=O)[O-])[C@H](O)CCCCCCCCCCCCCCC.[Na+].[Na+]. The van der Waals surface area contributed by atoms with Crippen molar-refractivity contribution in [1.29, 1.82) is 0 Å². The molecule has 0 unspecified atom stereocenters. The zero-order valence-corrected chi connectivity index (χ0v) is 48.2. The topological polar surface area (TPSA) is 241 Å². The van der Waals surface area contributed by atoms with Crippen molar-refractivity contribution in [2.45, 2.75) is 288 Å². The Morgan fingerprint density at radius 2 is 0.925 bits per heavy atom. The standard InChI is InChI=1S/C48H95NO14S2.2Na/c1-3-5-7-9-11-13-15-17-18-19-20-21-22-23-24-26-28-30-32-34-36-38-44(51)49-41(42(50)37-35-33-31-29-27-25-16-14-12-10-8-6-4-2)39-60-48-47(63-65(57,58)59)46(53)45(52)43(62-48)40-61-64(54,55)56;;/h41-43,45-48,50,52-53H,3-40H2,1-2H3,(H,49,51)(H,54,55,56)(H,57,58,59);;/q;2*+1/p-2/t41-,42+,43+,45-,46-,47+,48+;;/m0../s1. The summed E-state index contributed by atoms with van der Waals surface area (Å²) in [7, 11) is -10.7. The molecule has 67 heavy (non-hydrogen) atoms. The molecular formula is C48H93NNa2O14S2. The fourth-order valence-electron chi connectivity index (χ4n) is 8.58. The van der Waals surface area contributed by atoms with E-state index in [1.165, 1.54) is 161 Å². The van der Waals surface area contributed by atoms with Gasteiger partial charge in [-0.25, -0.2) is 16.8 Å². The van der Waals surface area contributed by atoms with Gasteiger partial charge in [-0.3, -0.25) is 13.2 Å². The number of carbonyl (C=O) groups excluding carboxylic acids is 1. The van der Waals surface area contributed by atoms with Crippen LogP contribution < -0.4 is 64.4 Å². The van der Waals surface area contributed by atoms with Gasteiger partial charge in [0.2, 0.25) is 26.7 Å². The van der Waals surface area contributed by atoms with Gasteiger partial charge >= 0.3 is 59.1 Å². The Hall–Kier alpha value is 1.01. The zero-order chi connectivity index (χ0) is 48.0. The van der Waals surface area contributed by atoms with Crippen LogP contribution in [-0.2, 0) is 43.4 Å². The molecule has 19 heteroatoms. The number of hydrogen-bond acceptors (Lipinski definition) is 14. The number of hydrogen-bond donors (Lipinski definition) is 4. The monoisotopic (exact) mass is 1020 g/mol. The van der Waals surface area contributed by atoms with E-state index in [-0.39, 0.29) is 71.4 Å². The van der Waals surface area contributed by atoms with Gasteiger partial charge in [0, 0.05) is 6.42 Å². The van der Waals surface area contributed by atoms with Gasteiger partial charge in [-0.05, 0) is 12.8 Å². The second-order valence-corrected chi connectivity index (χ2v) is 20.7. The second-order valence-electron chi connectivity index (χ2n) is 18.6. The first kappa shape index (κ1) is 70.1. The number of amides is 1. The van der Waals surface area contributed by atoms with Crippen molar-refractivity contribution in [3.8, 4) is 0 Å². The fraction of sp³-hybridized carbons (Fsp3) is 0.979. The van der Waals surface area contributed by atoms with E-state index in [0.29, 0.717) is 19.3 Å². The Bertz CT molecular complexity index is 1350. The van der Waals surface area contributed by atoms with Gasteiger partial charge in [-0.1, -0.05) is 226 Å². The molecule has 0 aromatic heterocycles. The van der Waals surface area contributed by atoms with Crippen LogP contribution >= 0.6 is 0 Å². The minimum Gasteiger partial charge on any atom is -0.726 e. The molecule has 4 N–H and O–H groups in total. The summed E-state index contributed by atoms with van der Waals surface area (Å²) < 4.78 is 87.5. The third-order valence-corrected chi connectivity index (χ3v) is 13.5. The van der Waals surface area contributed by atoms with E-state index in [1.807, 2.05) is 0 Å². The third kappa shape index (κ3) is 41.1. The van der Waals surface area contributed by atoms with Crippen LogP contribution in [0.3, 0.4) is 0 Å². The first-order valence-electron chi connectivity index (χ1n) is 26.0. The van der Waals surface area contributed by atoms with E-state index in [1.54, 1.807) is 0 Å². The van der Waals surface area contributed by atoms with Crippen LogP contribution in [0.4, 0.5) is 0 Å². The maximum atomic E-state index is 13.1. The van der Waals surface area contributed by atoms with Crippen LogP contribution in [0, 0.1) is 0 Å². The van der Waals surface area contributed by atoms with Crippen molar-refractivity contribution in [3.63, 3.8) is 0 Å². The molecule has 0 bridgehead atoms. The first-order chi connectivity index (χ1) is 31.2. The molecule has 0 radical (unpaired) electrons. The molecule has 1 rings (SSSR count). The van der Waals surface area contributed by atoms with Crippen molar-refractivity contribution < 1.29 is 123 Å². The van der Waals surface area contributed by atoms with E-state index >= 15 is 0 Å². The van der Waals surface area contributed by atoms with Gasteiger partial charge in [0.05, 0.1) is 25.4 Å². The molecule has 1 saturated heterocycles. The van der Waals surface area contributed by atoms with Crippen molar-refractivity contribution in [2.75, 3.05) is 13.2 Å². The number of nitrogens with one attached hydrogen (secondary N) is 1. The number of aliphatic hydroxyl groups excluding tert-OH is 3. The number of carbonyl (C=O) groups is 1. The number of aliphatic hydroxyl groups is 3. The molecule has 1 aliphatic rings. The largest absolute Gasteiger partial charge is 1.00 e. The van der Waals surface area contributed by atoms with Crippen molar-refractivity contribution in [3.05, 3.63) is 0 Å². The molecule has 0 saturated carbocycles. The summed E-state index contributed by atoms with van der Waals surface area (Å²) in [4.78, 5) is 13.1. The normalized spacial score (nSPS) is 19.7. The molecule has 388 valence electrons. The average Bonchev–Trinajstić information content (AvgIpc) is 3.25. The molecule has 0 aromatic rings. The Balaban J connectivity index is 0. The maximum absolute atomic E-state index is 13.1. The summed E-state index contributed by atoms with van der Waals surface area (Å²) in [5.74, 6) is -0.331.